The summed E-state index contributed by atoms with van der Waals surface area (Å²) in [5, 5.41) is 2.97. The number of methoxy groups -OCH3 is 2. The zero-order valence-electron chi connectivity index (χ0n) is 14.7. The van der Waals surface area contributed by atoms with Gasteiger partial charge in [-0.15, -0.1) is 0 Å². The SMILES string of the molecule is COC(=O)C1=C(NCc2ccccc2)n2c(=O)ccc(=O)n2C1C(=O)OC. The summed E-state index contributed by atoms with van der Waals surface area (Å²) in [6.07, 6.45) is 0. The Morgan fingerprint density at radius 1 is 1.00 bits per heavy atom. The van der Waals surface area contributed by atoms with Crippen LogP contribution in [0.3, 0.4) is 0 Å². The van der Waals surface area contributed by atoms with Gasteiger partial charge in [0.2, 0.25) is 0 Å². The number of nitrogens with zero attached hydrogens (tertiary/aromatic N) is 2. The van der Waals surface area contributed by atoms with E-state index in [0.29, 0.717) is 0 Å². The minimum atomic E-state index is -1.43. The fraction of sp³-hybridized carbons (Fsp3) is 0.222. The van der Waals surface area contributed by atoms with Gasteiger partial charge in [0.15, 0.2) is 6.04 Å². The number of hydrogen-bond donors (Lipinski definition) is 1. The van der Waals surface area contributed by atoms with E-state index in [1.807, 2.05) is 30.3 Å². The van der Waals surface area contributed by atoms with Gasteiger partial charge in [0, 0.05) is 18.7 Å². The van der Waals surface area contributed by atoms with Gasteiger partial charge in [0.25, 0.3) is 11.1 Å². The molecule has 0 aliphatic carbocycles. The Bertz CT molecular complexity index is 1040. The summed E-state index contributed by atoms with van der Waals surface area (Å²) in [5.41, 5.74) is -0.528. The molecule has 0 fully saturated rings. The first-order valence-electron chi connectivity index (χ1n) is 8.03. The Labute approximate surface area is 153 Å². The Kier molecular flexibility index (Phi) is 4.93. The molecule has 0 spiro atoms. The molecule has 1 unspecified atom stereocenters. The summed E-state index contributed by atoms with van der Waals surface area (Å²) < 4.78 is 11.4. The fourth-order valence-electron chi connectivity index (χ4n) is 2.92. The number of rotatable bonds is 5. The molecule has 1 aliphatic rings. The van der Waals surface area contributed by atoms with Crippen molar-refractivity contribution in [1.82, 2.24) is 14.7 Å². The van der Waals surface area contributed by atoms with Crippen LogP contribution in [0.2, 0.25) is 0 Å². The van der Waals surface area contributed by atoms with E-state index in [1.54, 1.807) is 0 Å². The third kappa shape index (κ3) is 3.14. The molecular weight excluding hydrogens is 354 g/mol. The van der Waals surface area contributed by atoms with Crippen molar-refractivity contribution in [3.05, 3.63) is 74.3 Å². The van der Waals surface area contributed by atoms with E-state index in [9.17, 15) is 19.2 Å². The number of ether oxygens (including phenoxy) is 2. The second-order valence-electron chi connectivity index (χ2n) is 5.68. The first-order valence-corrected chi connectivity index (χ1v) is 8.03. The van der Waals surface area contributed by atoms with Crippen LogP contribution < -0.4 is 16.4 Å². The summed E-state index contributed by atoms with van der Waals surface area (Å²) >= 11 is 0. The van der Waals surface area contributed by atoms with Gasteiger partial charge >= 0.3 is 11.9 Å². The standard InChI is InChI=1S/C18H17N3O6/c1-26-17(24)14-15(18(25)27-2)20-12(22)8-9-13(23)21(20)16(14)19-10-11-6-4-3-5-7-11/h3-9,15,19H,10H2,1-2H3. The topological polar surface area (TPSA) is 109 Å². The molecule has 2 heterocycles. The van der Waals surface area contributed by atoms with Crippen LogP contribution in [-0.2, 0) is 25.6 Å². The minimum absolute atomic E-state index is 0.00352. The van der Waals surface area contributed by atoms with Crippen LogP contribution in [0.5, 0.6) is 0 Å². The number of hydrogen-bond acceptors (Lipinski definition) is 7. The number of carbonyl (C=O) groups is 2. The molecule has 1 aromatic carbocycles. The van der Waals surface area contributed by atoms with E-state index < -0.39 is 29.1 Å². The lowest BCUT2D eigenvalue weighted by atomic mass is 10.1. The smallest absolute Gasteiger partial charge is 0.340 e. The molecule has 140 valence electrons. The molecule has 1 atom stereocenters. The van der Waals surface area contributed by atoms with Crippen molar-refractivity contribution in [2.45, 2.75) is 12.6 Å². The van der Waals surface area contributed by atoms with Crippen molar-refractivity contribution in [2.75, 3.05) is 14.2 Å². The average molecular weight is 371 g/mol. The molecule has 0 saturated heterocycles. The number of nitrogens with one attached hydrogen (secondary N) is 1. The Balaban J connectivity index is 2.19. The highest BCUT2D eigenvalue weighted by atomic mass is 16.5. The number of aromatic nitrogens is 2. The first-order chi connectivity index (χ1) is 13.0. The zero-order chi connectivity index (χ0) is 19.6. The van der Waals surface area contributed by atoms with E-state index in [4.69, 9.17) is 9.47 Å². The van der Waals surface area contributed by atoms with Gasteiger partial charge in [-0.2, -0.15) is 4.68 Å². The molecule has 0 amide bonds. The monoisotopic (exact) mass is 371 g/mol. The molecule has 2 aromatic rings. The number of carbonyl (C=O) groups excluding carboxylic acids is 2. The summed E-state index contributed by atoms with van der Waals surface area (Å²) in [6.45, 7) is 0.250. The predicted molar refractivity (Wildman–Crippen MR) is 94.5 cm³/mol. The third-order valence-corrected chi connectivity index (χ3v) is 4.14. The fourth-order valence-corrected chi connectivity index (χ4v) is 2.92. The van der Waals surface area contributed by atoms with Crippen LogP contribution in [-0.4, -0.2) is 35.5 Å². The van der Waals surface area contributed by atoms with E-state index in [1.165, 1.54) is 0 Å². The molecule has 0 saturated carbocycles. The van der Waals surface area contributed by atoms with Gasteiger partial charge in [-0.05, 0) is 5.56 Å². The lowest BCUT2D eigenvalue weighted by molar-refractivity contribution is -0.146. The largest absolute Gasteiger partial charge is 0.467 e. The van der Waals surface area contributed by atoms with E-state index >= 15 is 0 Å². The van der Waals surface area contributed by atoms with Crippen molar-refractivity contribution >= 4 is 17.8 Å². The highest BCUT2D eigenvalue weighted by Crippen LogP contribution is 2.29. The van der Waals surface area contributed by atoms with Crippen molar-refractivity contribution in [3.63, 3.8) is 0 Å². The number of benzene rings is 1. The average Bonchev–Trinajstić information content (AvgIpc) is 3.05. The third-order valence-electron chi connectivity index (χ3n) is 4.14. The molecule has 3 rings (SSSR count). The number of fused-ring (bicyclic) bond motifs is 1. The summed E-state index contributed by atoms with van der Waals surface area (Å²) in [7, 11) is 2.27. The first kappa shape index (κ1) is 18.2. The van der Waals surface area contributed by atoms with Gasteiger partial charge in [-0.1, -0.05) is 30.3 Å². The Hall–Kier alpha value is -3.62. The molecule has 27 heavy (non-hydrogen) atoms. The second-order valence-corrected chi connectivity index (χ2v) is 5.68. The van der Waals surface area contributed by atoms with E-state index in [-0.39, 0.29) is 17.9 Å². The van der Waals surface area contributed by atoms with Gasteiger partial charge in [0.1, 0.15) is 11.4 Å². The predicted octanol–water partition coefficient (Wildman–Crippen LogP) is -0.131. The maximum Gasteiger partial charge on any atom is 0.340 e. The quantitative estimate of drug-likeness (QED) is 0.729. The molecule has 9 heteroatoms. The molecule has 0 bridgehead atoms. The van der Waals surface area contributed by atoms with Crippen LogP contribution in [0, 0.1) is 0 Å². The lowest BCUT2D eigenvalue weighted by Crippen LogP contribution is -2.39. The van der Waals surface area contributed by atoms with E-state index in [0.717, 1.165) is 41.3 Å². The van der Waals surface area contributed by atoms with Crippen LogP contribution in [0.1, 0.15) is 11.6 Å². The molecule has 1 aromatic heterocycles. The van der Waals surface area contributed by atoms with Crippen molar-refractivity contribution in [2.24, 2.45) is 0 Å². The summed E-state index contributed by atoms with van der Waals surface area (Å²) in [6, 6.07) is 9.89. The Morgan fingerprint density at radius 2 is 1.67 bits per heavy atom. The highest BCUT2D eigenvalue weighted by molar-refractivity contribution is 6.02. The van der Waals surface area contributed by atoms with Crippen LogP contribution >= 0.6 is 0 Å². The van der Waals surface area contributed by atoms with Crippen molar-refractivity contribution < 1.29 is 19.1 Å². The van der Waals surface area contributed by atoms with Gasteiger partial charge < -0.3 is 14.8 Å². The van der Waals surface area contributed by atoms with Crippen molar-refractivity contribution in [3.8, 4) is 0 Å². The highest BCUT2D eigenvalue weighted by Gasteiger charge is 2.42. The number of esters is 2. The van der Waals surface area contributed by atoms with Crippen molar-refractivity contribution in [1.29, 1.82) is 0 Å². The minimum Gasteiger partial charge on any atom is -0.467 e. The van der Waals surface area contributed by atoms with Gasteiger partial charge in [0.05, 0.1) is 14.2 Å². The molecule has 1 N–H and O–H groups in total. The van der Waals surface area contributed by atoms with Crippen LogP contribution in [0.4, 0.5) is 0 Å². The van der Waals surface area contributed by atoms with Gasteiger partial charge in [-0.3, -0.25) is 9.59 Å². The zero-order valence-corrected chi connectivity index (χ0v) is 14.7. The maximum atomic E-state index is 12.4. The summed E-state index contributed by atoms with van der Waals surface area (Å²) in [4.78, 5) is 49.5. The van der Waals surface area contributed by atoms with Crippen LogP contribution in [0.25, 0.3) is 5.82 Å². The molecular formula is C18H17N3O6. The van der Waals surface area contributed by atoms with E-state index in [2.05, 4.69) is 5.32 Å². The maximum absolute atomic E-state index is 12.4. The van der Waals surface area contributed by atoms with Crippen LogP contribution in [0.15, 0.2) is 57.6 Å². The molecule has 9 nitrogen and oxygen atoms in total. The lowest BCUT2D eigenvalue weighted by Gasteiger charge is -2.13. The molecule has 0 radical (unpaired) electrons. The second kappa shape index (κ2) is 7.32. The summed E-state index contributed by atoms with van der Waals surface area (Å²) in [5.74, 6) is -1.71. The molecule has 1 aliphatic heterocycles. The normalized spacial score (nSPS) is 15.3. The van der Waals surface area contributed by atoms with Gasteiger partial charge in [-0.25, -0.2) is 14.3 Å². The Morgan fingerprint density at radius 3 is 2.30 bits per heavy atom.